The molecule has 5 nitrogen and oxygen atoms in total. The van der Waals surface area contributed by atoms with Crippen molar-refractivity contribution in [3.63, 3.8) is 0 Å². The first-order valence-corrected chi connectivity index (χ1v) is 8.16. The van der Waals surface area contributed by atoms with E-state index in [-0.39, 0.29) is 5.91 Å². The highest BCUT2D eigenvalue weighted by atomic mass is 16.5. The highest BCUT2D eigenvalue weighted by molar-refractivity contribution is 6.09. The Morgan fingerprint density at radius 2 is 1.19 bits per heavy atom. The lowest BCUT2D eigenvalue weighted by Crippen LogP contribution is -2.14. The van der Waals surface area contributed by atoms with Crippen LogP contribution in [0.3, 0.4) is 0 Å². The first-order valence-electron chi connectivity index (χ1n) is 8.16. The molecule has 5 heteroatoms. The fourth-order valence-electron chi connectivity index (χ4n) is 2.62. The molecule has 0 aliphatic carbocycles. The van der Waals surface area contributed by atoms with E-state index in [0.717, 1.165) is 5.69 Å². The first kappa shape index (κ1) is 17.4. The van der Waals surface area contributed by atoms with E-state index < -0.39 is 0 Å². The van der Waals surface area contributed by atoms with E-state index in [9.17, 15) is 4.79 Å². The molecule has 0 aliphatic rings. The number of para-hydroxylation sites is 5. The summed E-state index contributed by atoms with van der Waals surface area (Å²) in [4.78, 5) is 12.8. The molecule has 1 amide bonds. The Labute approximate surface area is 152 Å². The van der Waals surface area contributed by atoms with Crippen LogP contribution < -0.4 is 20.1 Å². The largest absolute Gasteiger partial charge is 0.495 e. The zero-order valence-corrected chi connectivity index (χ0v) is 14.7. The molecule has 0 bridgehead atoms. The fourth-order valence-corrected chi connectivity index (χ4v) is 2.62. The lowest BCUT2D eigenvalue weighted by molar-refractivity contribution is 0.102. The number of hydrogen-bond donors (Lipinski definition) is 2. The molecule has 0 spiro atoms. The summed E-state index contributed by atoms with van der Waals surface area (Å²) in [5.41, 5.74) is 2.60. The number of carbonyl (C=O) groups is 1. The van der Waals surface area contributed by atoms with Crippen molar-refractivity contribution in [2.24, 2.45) is 0 Å². The van der Waals surface area contributed by atoms with Gasteiger partial charge in [0.25, 0.3) is 5.91 Å². The molecule has 0 atom stereocenters. The third-order valence-electron chi connectivity index (χ3n) is 3.90. The number of hydrogen-bond acceptors (Lipinski definition) is 4. The molecule has 2 N–H and O–H groups in total. The van der Waals surface area contributed by atoms with Crippen LogP contribution >= 0.6 is 0 Å². The summed E-state index contributed by atoms with van der Waals surface area (Å²) >= 11 is 0. The van der Waals surface area contributed by atoms with Gasteiger partial charge in [-0.2, -0.15) is 0 Å². The highest BCUT2D eigenvalue weighted by Crippen LogP contribution is 2.30. The average Bonchev–Trinajstić information content (AvgIpc) is 2.69. The second-order valence-electron chi connectivity index (χ2n) is 5.53. The van der Waals surface area contributed by atoms with Crippen molar-refractivity contribution < 1.29 is 14.3 Å². The fraction of sp³-hybridized carbons (Fsp3) is 0.0952. The van der Waals surface area contributed by atoms with Gasteiger partial charge in [-0.1, -0.05) is 36.4 Å². The van der Waals surface area contributed by atoms with E-state index in [1.54, 1.807) is 32.4 Å². The minimum Gasteiger partial charge on any atom is -0.495 e. The van der Waals surface area contributed by atoms with Gasteiger partial charge in [-0.05, 0) is 36.4 Å². The van der Waals surface area contributed by atoms with E-state index in [1.165, 1.54) is 0 Å². The summed E-state index contributed by atoms with van der Waals surface area (Å²) in [6, 6.07) is 22.2. The number of methoxy groups -OCH3 is 2. The zero-order valence-electron chi connectivity index (χ0n) is 14.7. The maximum Gasteiger partial charge on any atom is 0.257 e. The van der Waals surface area contributed by atoms with Gasteiger partial charge in [-0.3, -0.25) is 4.79 Å². The molecule has 132 valence electrons. The Balaban J connectivity index is 1.88. The lowest BCUT2D eigenvalue weighted by Gasteiger charge is -2.15. The third kappa shape index (κ3) is 3.78. The monoisotopic (exact) mass is 348 g/mol. The van der Waals surface area contributed by atoms with E-state index >= 15 is 0 Å². The molecule has 0 radical (unpaired) electrons. The van der Waals surface area contributed by atoms with Gasteiger partial charge < -0.3 is 20.1 Å². The number of ether oxygens (including phenoxy) is 2. The topological polar surface area (TPSA) is 59.6 Å². The molecule has 0 saturated carbocycles. The minimum atomic E-state index is -0.229. The van der Waals surface area contributed by atoms with E-state index in [4.69, 9.17) is 9.47 Å². The summed E-state index contributed by atoms with van der Waals surface area (Å²) in [5.74, 6) is 1.08. The van der Waals surface area contributed by atoms with Gasteiger partial charge in [0.1, 0.15) is 11.5 Å². The number of anilines is 3. The van der Waals surface area contributed by atoms with Gasteiger partial charge in [-0.15, -0.1) is 0 Å². The summed E-state index contributed by atoms with van der Waals surface area (Å²) in [6.45, 7) is 0. The van der Waals surface area contributed by atoms with E-state index in [1.807, 2.05) is 54.6 Å². The number of benzene rings is 3. The third-order valence-corrected chi connectivity index (χ3v) is 3.90. The molecule has 0 unspecified atom stereocenters. The van der Waals surface area contributed by atoms with Crippen molar-refractivity contribution >= 4 is 23.0 Å². The van der Waals surface area contributed by atoms with E-state index in [2.05, 4.69) is 10.6 Å². The number of nitrogens with one attached hydrogen (secondary N) is 2. The standard InChI is InChI=1S/C21H20N2O3/c1-25-19-13-7-5-11-17(19)22-16-10-4-3-9-15(16)21(24)23-18-12-6-8-14-20(18)26-2/h3-14,22H,1-2H3,(H,23,24). The maximum absolute atomic E-state index is 12.8. The first-order chi connectivity index (χ1) is 12.7. The predicted octanol–water partition coefficient (Wildman–Crippen LogP) is 4.70. The van der Waals surface area contributed by atoms with Crippen LogP contribution in [0.15, 0.2) is 72.8 Å². The molecule has 0 fully saturated rings. The van der Waals surface area contributed by atoms with Crippen LogP contribution in [-0.4, -0.2) is 20.1 Å². The average molecular weight is 348 g/mol. The van der Waals surface area contributed by atoms with Gasteiger partial charge in [0.15, 0.2) is 0 Å². The van der Waals surface area contributed by atoms with Crippen molar-refractivity contribution in [3.8, 4) is 11.5 Å². The van der Waals surface area contributed by atoms with Crippen LogP contribution in [0.5, 0.6) is 11.5 Å². The zero-order chi connectivity index (χ0) is 18.4. The molecule has 3 aromatic rings. The normalized spacial score (nSPS) is 10.1. The quantitative estimate of drug-likeness (QED) is 0.678. The Hall–Kier alpha value is -3.47. The summed E-state index contributed by atoms with van der Waals surface area (Å²) < 4.78 is 10.7. The van der Waals surface area contributed by atoms with Gasteiger partial charge in [0.05, 0.1) is 36.8 Å². The van der Waals surface area contributed by atoms with Gasteiger partial charge in [-0.25, -0.2) is 0 Å². The van der Waals surface area contributed by atoms with Gasteiger partial charge >= 0.3 is 0 Å². The SMILES string of the molecule is COc1ccccc1NC(=O)c1ccccc1Nc1ccccc1OC. The predicted molar refractivity (Wildman–Crippen MR) is 104 cm³/mol. The Bertz CT molecular complexity index is 909. The van der Waals surface area contributed by atoms with Crippen LogP contribution in [0, 0.1) is 0 Å². The summed E-state index contributed by atoms with van der Waals surface area (Å²) in [6.07, 6.45) is 0. The highest BCUT2D eigenvalue weighted by Gasteiger charge is 2.14. The second-order valence-corrected chi connectivity index (χ2v) is 5.53. The van der Waals surface area contributed by atoms with Crippen molar-refractivity contribution in [1.82, 2.24) is 0 Å². The number of rotatable bonds is 6. The van der Waals surface area contributed by atoms with Crippen molar-refractivity contribution in [2.75, 3.05) is 24.9 Å². The van der Waals surface area contributed by atoms with Crippen LogP contribution in [-0.2, 0) is 0 Å². The molecule has 0 aliphatic heterocycles. The lowest BCUT2D eigenvalue weighted by atomic mass is 10.1. The Morgan fingerprint density at radius 3 is 1.85 bits per heavy atom. The van der Waals surface area contributed by atoms with Crippen molar-refractivity contribution in [3.05, 3.63) is 78.4 Å². The van der Waals surface area contributed by atoms with E-state index in [0.29, 0.717) is 28.4 Å². The van der Waals surface area contributed by atoms with Crippen LogP contribution in [0.4, 0.5) is 17.1 Å². The van der Waals surface area contributed by atoms with Crippen LogP contribution in [0.25, 0.3) is 0 Å². The molecular formula is C21H20N2O3. The maximum atomic E-state index is 12.8. The van der Waals surface area contributed by atoms with Crippen molar-refractivity contribution in [1.29, 1.82) is 0 Å². The Kier molecular flexibility index (Phi) is 5.39. The minimum absolute atomic E-state index is 0.229. The molecule has 0 saturated heterocycles. The summed E-state index contributed by atoms with van der Waals surface area (Å²) in [7, 11) is 3.18. The molecule has 3 rings (SSSR count). The van der Waals surface area contributed by atoms with Crippen LogP contribution in [0.2, 0.25) is 0 Å². The molecule has 0 heterocycles. The second kappa shape index (κ2) is 8.07. The molecular weight excluding hydrogens is 328 g/mol. The smallest absolute Gasteiger partial charge is 0.257 e. The number of carbonyl (C=O) groups excluding carboxylic acids is 1. The molecule has 0 aromatic heterocycles. The van der Waals surface area contributed by atoms with Gasteiger partial charge in [0, 0.05) is 0 Å². The summed E-state index contributed by atoms with van der Waals surface area (Å²) in [5, 5.41) is 6.17. The van der Waals surface area contributed by atoms with Crippen LogP contribution in [0.1, 0.15) is 10.4 Å². The number of amides is 1. The molecule has 26 heavy (non-hydrogen) atoms. The Morgan fingerprint density at radius 1 is 0.692 bits per heavy atom. The molecule has 3 aromatic carbocycles. The van der Waals surface area contributed by atoms with Gasteiger partial charge in [0.2, 0.25) is 0 Å². The van der Waals surface area contributed by atoms with Crippen molar-refractivity contribution in [2.45, 2.75) is 0 Å².